The van der Waals surface area contributed by atoms with Gasteiger partial charge >= 0.3 is 0 Å². The lowest BCUT2D eigenvalue weighted by Gasteiger charge is -2.58. The number of methoxy groups -OCH3 is 1. The summed E-state index contributed by atoms with van der Waals surface area (Å²) in [6, 6.07) is 10.5. The van der Waals surface area contributed by atoms with Gasteiger partial charge in [0.1, 0.15) is 6.61 Å². The minimum absolute atomic E-state index is 0.00332. The summed E-state index contributed by atoms with van der Waals surface area (Å²) in [7, 11) is 1.49. The molecule has 1 aromatic carbocycles. The Morgan fingerprint density at radius 3 is 2.67 bits per heavy atom. The third kappa shape index (κ3) is 2.79. The first-order valence-electron chi connectivity index (χ1n) is 8.89. The van der Waals surface area contributed by atoms with Crippen LogP contribution in [0.1, 0.15) is 21.8 Å². The molecule has 0 bridgehead atoms. The van der Waals surface area contributed by atoms with Crippen LogP contribution in [0.3, 0.4) is 0 Å². The Morgan fingerprint density at radius 2 is 1.96 bits per heavy atom. The number of aromatic nitrogens is 1. The number of carbonyl (C=O) groups is 2. The molecular formula is C20H21N3O4. The number of carbonyl (C=O) groups excluding carboxylic acids is 2. The maximum Gasteiger partial charge on any atom is 0.254 e. The van der Waals surface area contributed by atoms with Gasteiger partial charge in [-0.15, -0.1) is 0 Å². The average Bonchev–Trinajstić information content (AvgIpc) is 2.69. The molecule has 7 heteroatoms. The lowest BCUT2D eigenvalue weighted by atomic mass is 9.71. The molecule has 3 heterocycles. The van der Waals surface area contributed by atoms with Crippen molar-refractivity contribution in [3.63, 3.8) is 0 Å². The summed E-state index contributed by atoms with van der Waals surface area (Å²) >= 11 is 0. The zero-order valence-corrected chi connectivity index (χ0v) is 15.0. The number of para-hydroxylation sites is 1. The average molecular weight is 367 g/mol. The summed E-state index contributed by atoms with van der Waals surface area (Å²) < 4.78 is 5.02. The number of aliphatic hydroxyl groups excluding tert-OH is 1. The fraction of sp³-hybridized carbons (Fsp3) is 0.350. The number of nitrogens with zero attached hydrogens (tertiary/aromatic N) is 3. The molecule has 2 aliphatic heterocycles. The Labute approximate surface area is 157 Å². The van der Waals surface area contributed by atoms with E-state index >= 15 is 0 Å². The second kappa shape index (κ2) is 7.09. The molecule has 4 rings (SSSR count). The molecule has 2 aromatic rings. The standard InChI is InChI=1S/C20H21N3O4/c1-27-12-18(25)22-10-16-19(14-4-2-3-5-15(14)22)17(11-24)23(16)20(26)13-6-8-21-9-7-13/h2-9,16-17,19,24H,10-12H2,1H3/t16-,17+,19+/m1/s1. The highest BCUT2D eigenvalue weighted by atomic mass is 16.5. The summed E-state index contributed by atoms with van der Waals surface area (Å²) in [5, 5.41) is 9.97. The number of likely N-dealkylation sites (tertiary alicyclic amines) is 1. The minimum atomic E-state index is -0.309. The van der Waals surface area contributed by atoms with Crippen molar-refractivity contribution in [2.45, 2.75) is 18.0 Å². The van der Waals surface area contributed by atoms with E-state index in [4.69, 9.17) is 4.74 Å². The van der Waals surface area contributed by atoms with Gasteiger partial charge in [0.05, 0.1) is 18.7 Å². The van der Waals surface area contributed by atoms with E-state index in [1.54, 1.807) is 34.3 Å². The number of rotatable bonds is 4. The Bertz CT molecular complexity index is 857. The third-order valence-electron chi connectivity index (χ3n) is 5.42. The molecule has 2 aliphatic rings. The van der Waals surface area contributed by atoms with Crippen molar-refractivity contribution in [1.29, 1.82) is 0 Å². The van der Waals surface area contributed by atoms with Crippen LogP contribution >= 0.6 is 0 Å². The highest BCUT2D eigenvalue weighted by Gasteiger charge is 2.55. The SMILES string of the molecule is COCC(=O)N1C[C@@H]2[C@H](c3ccccc31)[C@H](CO)N2C(=O)c1ccncc1. The normalized spacial score (nSPS) is 23.3. The molecule has 0 saturated carbocycles. The van der Waals surface area contributed by atoms with Gasteiger partial charge in [-0.1, -0.05) is 18.2 Å². The van der Waals surface area contributed by atoms with Gasteiger partial charge in [-0.05, 0) is 23.8 Å². The van der Waals surface area contributed by atoms with Crippen LogP contribution in [-0.2, 0) is 9.53 Å². The Balaban J connectivity index is 1.70. The maximum absolute atomic E-state index is 13.0. The molecule has 2 amide bonds. The molecule has 0 spiro atoms. The number of amides is 2. The number of hydrogen-bond donors (Lipinski definition) is 1. The summed E-state index contributed by atoms with van der Waals surface area (Å²) in [4.78, 5) is 32.9. The molecule has 0 aliphatic carbocycles. The van der Waals surface area contributed by atoms with Crippen LogP contribution in [0.5, 0.6) is 0 Å². The van der Waals surface area contributed by atoms with Gasteiger partial charge in [0.25, 0.3) is 11.8 Å². The Kier molecular flexibility index (Phi) is 4.63. The van der Waals surface area contributed by atoms with Crippen molar-refractivity contribution >= 4 is 17.5 Å². The van der Waals surface area contributed by atoms with Crippen LogP contribution in [0, 0.1) is 0 Å². The fourth-order valence-electron chi connectivity index (χ4n) is 4.25. The highest BCUT2D eigenvalue weighted by molar-refractivity contribution is 5.98. The van der Waals surface area contributed by atoms with Gasteiger partial charge in [-0.2, -0.15) is 0 Å². The first-order valence-corrected chi connectivity index (χ1v) is 8.89. The van der Waals surface area contributed by atoms with E-state index in [1.807, 2.05) is 24.3 Å². The molecule has 7 nitrogen and oxygen atoms in total. The van der Waals surface area contributed by atoms with E-state index in [2.05, 4.69) is 4.98 Å². The Hall–Kier alpha value is -2.77. The molecular weight excluding hydrogens is 346 g/mol. The van der Waals surface area contributed by atoms with Crippen molar-refractivity contribution < 1.29 is 19.4 Å². The molecule has 0 radical (unpaired) electrons. The Morgan fingerprint density at radius 1 is 1.22 bits per heavy atom. The van der Waals surface area contributed by atoms with Crippen molar-refractivity contribution in [3.05, 3.63) is 59.9 Å². The van der Waals surface area contributed by atoms with Gasteiger partial charge < -0.3 is 19.6 Å². The molecule has 1 fully saturated rings. The molecule has 27 heavy (non-hydrogen) atoms. The maximum atomic E-state index is 13.0. The van der Waals surface area contributed by atoms with Crippen molar-refractivity contribution in [1.82, 2.24) is 9.88 Å². The van der Waals surface area contributed by atoms with Crippen LogP contribution in [0.25, 0.3) is 0 Å². The zero-order chi connectivity index (χ0) is 19.0. The lowest BCUT2D eigenvalue weighted by molar-refractivity contribution is -0.123. The second-order valence-corrected chi connectivity index (χ2v) is 6.79. The number of hydrogen-bond acceptors (Lipinski definition) is 5. The predicted molar refractivity (Wildman–Crippen MR) is 98.5 cm³/mol. The number of pyridine rings is 1. The first kappa shape index (κ1) is 17.6. The van der Waals surface area contributed by atoms with Crippen LogP contribution in [0.15, 0.2) is 48.8 Å². The highest BCUT2D eigenvalue weighted by Crippen LogP contribution is 2.48. The third-order valence-corrected chi connectivity index (χ3v) is 5.42. The quantitative estimate of drug-likeness (QED) is 0.873. The molecule has 140 valence electrons. The second-order valence-electron chi connectivity index (χ2n) is 6.79. The molecule has 1 N–H and O–H groups in total. The fourth-order valence-corrected chi connectivity index (χ4v) is 4.25. The first-order chi connectivity index (χ1) is 13.2. The van der Waals surface area contributed by atoms with Gasteiger partial charge in [-0.25, -0.2) is 0 Å². The largest absolute Gasteiger partial charge is 0.394 e. The van der Waals surface area contributed by atoms with Crippen LogP contribution in [-0.4, -0.2) is 65.8 Å². The van der Waals surface area contributed by atoms with Crippen LogP contribution < -0.4 is 4.90 Å². The van der Waals surface area contributed by atoms with Crippen LogP contribution in [0.2, 0.25) is 0 Å². The van der Waals surface area contributed by atoms with Gasteiger partial charge in [-0.3, -0.25) is 14.6 Å². The van der Waals surface area contributed by atoms with E-state index in [0.29, 0.717) is 12.1 Å². The van der Waals surface area contributed by atoms with E-state index in [9.17, 15) is 14.7 Å². The van der Waals surface area contributed by atoms with Crippen molar-refractivity contribution in [2.24, 2.45) is 0 Å². The minimum Gasteiger partial charge on any atom is -0.394 e. The topological polar surface area (TPSA) is 83.0 Å². The lowest BCUT2D eigenvalue weighted by Crippen LogP contribution is -2.70. The number of aliphatic hydroxyl groups is 1. The summed E-state index contributed by atoms with van der Waals surface area (Å²) in [6.07, 6.45) is 3.14. The van der Waals surface area contributed by atoms with Crippen molar-refractivity contribution in [3.8, 4) is 0 Å². The summed E-state index contributed by atoms with van der Waals surface area (Å²) in [5.41, 5.74) is 2.34. The molecule has 0 unspecified atom stereocenters. The number of fused-ring (bicyclic) bond motifs is 3. The number of ether oxygens (including phenoxy) is 1. The monoisotopic (exact) mass is 367 g/mol. The number of anilines is 1. The van der Waals surface area contributed by atoms with Gasteiger partial charge in [0, 0.05) is 43.2 Å². The number of benzene rings is 1. The van der Waals surface area contributed by atoms with E-state index in [0.717, 1.165) is 11.3 Å². The molecule has 1 aromatic heterocycles. The van der Waals surface area contributed by atoms with Crippen molar-refractivity contribution in [2.75, 3.05) is 31.8 Å². The van der Waals surface area contributed by atoms with E-state index in [1.165, 1.54) is 7.11 Å². The molecule has 3 atom stereocenters. The molecule has 1 saturated heterocycles. The van der Waals surface area contributed by atoms with Crippen LogP contribution in [0.4, 0.5) is 5.69 Å². The summed E-state index contributed by atoms with van der Waals surface area (Å²) in [5.74, 6) is -0.299. The smallest absolute Gasteiger partial charge is 0.254 e. The van der Waals surface area contributed by atoms with E-state index in [-0.39, 0.29) is 43.0 Å². The summed E-state index contributed by atoms with van der Waals surface area (Å²) in [6.45, 7) is 0.239. The van der Waals surface area contributed by atoms with Gasteiger partial charge in [0.2, 0.25) is 0 Å². The van der Waals surface area contributed by atoms with E-state index < -0.39 is 0 Å². The van der Waals surface area contributed by atoms with Gasteiger partial charge in [0.15, 0.2) is 0 Å². The zero-order valence-electron chi connectivity index (χ0n) is 15.0. The predicted octanol–water partition coefficient (Wildman–Crippen LogP) is 1.04.